The van der Waals surface area contributed by atoms with Crippen LogP contribution in [-0.4, -0.2) is 39.3 Å². The van der Waals surface area contributed by atoms with E-state index in [-0.39, 0.29) is 0 Å². The fourth-order valence-electron chi connectivity index (χ4n) is 2.52. The Bertz CT molecular complexity index is 945. The van der Waals surface area contributed by atoms with Gasteiger partial charge in [0.2, 0.25) is 0 Å². The van der Waals surface area contributed by atoms with Crippen LogP contribution in [0.2, 0.25) is 0 Å². The first kappa shape index (κ1) is 12.7. The zero-order chi connectivity index (χ0) is 15.1. The van der Waals surface area contributed by atoms with E-state index in [4.69, 9.17) is 0 Å². The maximum Gasteiger partial charge on any atom is 0.194 e. The molecule has 0 fully saturated rings. The Morgan fingerprint density at radius 1 is 1.14 bits per heavy atom. The first-order valence-corrected chi connectivity index (χ1v) is 6.99. The van der Waals surface area contributed by atoms with E-state index < -0.39 is 0 Å². The van der Waals surface area contributed by atoms with Crippen molar-refractivity contribution in [1.29, 1.82) is 0 Å². The maximum atomic E-state index is 4.43. The van der Waals surface area contributed by atoms with Crippen LogP contribution in [0, 0.1) is 0 Å². The lowest BCUT2D eigenvalue weighted by molar-refractivity contribution is 0.661. The topological polar surface area (TPSA) is 79.2 Å². The van der Waals surface area contributed by atoms with Gasteiger partial charge in [-0.25, -0.2) is 19.3 Å². The lowest BCUT2D eigenvalue weighted by atomic mass is 10.2. The van der Waals surface area contributed by atoms with E-state index in [1.807, 2.05) is 47.6 Å². The molecule has 1 aromatic carbocycles. The largest absolute Gasteiger partial charge is 0.297 e. The van der Waals surface area contributed by atoms with E-state index in [1.165, 1.54) is 0 Å². The summed E-state index contributed by atoms with van der Waals surface area (Å²) in [6.45, 7) is 2.77. The molecule has 0 aliphatic rings. The number of aryl methyl sites for hydroxylation is 2. The normalized spacial score (nSPS) is 11.4. The van der Waals surface area contributed by atoms with Gasteiger partial charge in [0.15, 0.2) is 11.6 Å². The third kappa shape index (κ3) is 1.80. The summed E-state index contributed by atoms with van der Waals surface area (Å²) in [6.07, 6.45) is 5.20. The van der Waals surface area contributed by atoms with E-state index in [1.54, 1.807) is 17.2 Å². The average Bonchev–Trinajstić information content (AvgIpc) is 3.25. The van der Waals surface area contributed by atoms with Crippen molar-refractivity contribution in [2.45, 2.75) is 13.5 Å². The molecule has 3 aromatic heterocycles. The Morgan fingerprint density at radius 3 is 2.91 bits per heavy atom. The summed E-state index contributed by atoms with van der Waals surface area (Å²) >= 11 is 0. The van der Waals surface area contributed by atoms with Crippen molar-refractivity contribution in [3.8, 4) is 17.3 Å². The van der Waals surface area contributed by atoms with Gasteiger partial charge in [-0.1, -0.05) is 5.21 Å². The van der Waals surface area contributed by atoms with Gasteiger partial charge < -0.3 is 0 Å². The molecule has 0 amide bonds. The number of imidazole rings is 1. The lowest BCUT2D eigenvalue weighted by Gasteiger charge is -2.08. The van der Waals surface area contributed by atoms with Gasteiger partial charge in [0.05, 0.1) is 5.52 Å². The molecule has 0 bridgehead atoms. The molecule has 0 unspecified atom stereocenters. The van der Waals surface area contributed by atoms with E-state index in [9.17, 15) is 0 Å². The molecule has 4 aromatic rings. The highest BCUT2D eigenvalue weighted by Gasteiger charge is 2.14. The number of hydrogen-bond donors (Lipinski definition) is 0. The molecule has 3 heterocycles. The van der Waals surface area contributed by atoms with Crippen LogP contribution in [0.5, 0.6) is 0 Å². The highest BCUT2D eigenvalue weighted by Crippen LogP contribution is 2.22. The van der Waals surface area contributed by atoms with Crippen LogP contribution < -0.4 is 0 Å². The molecule has 22 heavy (non-hydrogen) atoms. The summed E-state index contributed by atoms with van der Waals surface area (Å²) in [5, 5.41) is 12.4. The summed E-state index contributed by atoms with van der Waals surface area (Å²) in [6, 6.07) is 6.00. The number of nitrogens with zero attached hydrogens (tertiary/aromatic N) is 8. The molecule has 0 radical (unpaired) electrons. The Kier molecular flexibility index (Phi) is 2.75. The molecular formula is C14H14N8. The zero-order valence-corrected chi connectivity index (χ0v) is 12.2. The molecule has 0 aliphatic carbocycles. The number of fused-ring (bicyclic) bond motifs is 1. The molecule has 0 spiro atoms. The Morgan fingerprint density at radius 2 is 2.05 bits per heavy atom. The summed E-state index contributed by atoms with van der Waals surface area (Å²) in [5.41, 5.74) is 2.80. The fraction of sp³-hybridized carbons (Fsp3) is 0.214. The van der Waals surface area contributed by atoms with Crippen molar-refractivity contribution >= 4 is 11.0 Å². The first-order valence-electron chi connectivity index (χ1n) is 6.99. The second-order valence-corrected chi connectivity index (χ2v) is 4.91. The predicted molar refractivity (Wildman–Crippen MR) is 80.3 cm³/mol. The molecule has 0 N–H and O–H groups in total. The van der Waals surface area contributed by atoms with Crippen LogP contribution >= 0.6 is 0 Å². The van der Waals surface area contributed by atoms with Crippen LogP contribution in [0.1, 0.15) is 6.92 Å². The number of benzene rings is 1. The predicted octanol–water partition coefficient (Wildman–Crippen LogP) is 1.43. The van der Waals surface area contributed by atoms with Crippen molar-refractivity contribution in [3.63, 3.8) is 0 Å². The van der Waals surface area contributed by atoms with Crippen LogP contribution in [0.15, 0.2) is 36.9 Å². The molecule has 110 valence electrons. The Labute approximate surface area is 126 Å². The summed E-state index contributed by atoms with van der Waals surface area (Å²) < 4.78 is 5.55. The van der Waals surface area contributed by atoms with Crippen molar-refractivity contribution in [2.24, 2.45) is 7.05 Å². The molecular weight excluding hydrogens is 280 g/mol. The molecule has 4 rings (SSSR count). The standard InChI is InChI=1S/C14H14N8/c1-3-22-14(16-9-17-22)13-15-6-7-21(13)10-4-5-12-11(8-10)18-19-20(12)2/h4-9H,3H2,1-2H3. The van der Waals surface area contributed by atoms with Gasteiger partial charge in [0, 0.05) is 31.7 Å². The maximum absolute atomic E-state index is 4.43. The van der Waals surface area contributed by atoms with Crippen molar-refractivity contribution in [2.75, 3.05) is 0 Å². The molecule has 0 aliphatic heterocycles. The summed E-state index contributed by atoms with van der Waals surface area (Å²) in [7, 11) is 1.88. The fourth-order valence-corrected chi connectivity index (χ4v) is 2.52. The highest BCUT2D eigenvalue weighted by atomic mass is 15.4. The Hall–Kier alpha value is -3.03. The van der Waals surface area contributed by atoms with Crippen molar-refractivity contribution in [3.05, 3.63) is 36.9 Å². The van der Waals surface area contributed by atoms with E-state index in [0.29, 0.717) is 0 Å². The van der Waals surface area contributed by atoms with Gasteiger partial charge in [-0.3, -0.25) is 4.57 Å². The van der Waals surface area contributed by atoms with Crippen LogP contribution in [0.4, 0.5) is 0 Å². The quantitative estimate of drug-likeness (QED) is 0.571. The molecule has 0 saturated heterocycles. The molecule has 8 heteroatoms. The van der Waals surface area contributed by atoms with E-state index >= 15 is 0 Å². The zero-order valence-electron chi connectivity index (χ0n) is 12.2. The summed E-state index contributed by atoms with van der Waals surface area (Å²) in [4.78, 5) is 8.75. The van der Waals surface area contributed by atoms with Gasteiger partial charge in [-0.05, 0) is 25.1 Å². The van der Waals surface area contributed by atoms with Gasteiger partial charge >= 0.3 is 0 Å². The number of rotatable bonds is 3. The van der Waals surface area contributed by atoms with Gasteiger partial charge in [-0.15, -0.1) is 5.10 Å². The molecule has 8 nitrogen and oxygen atoms in total. The minimum atomic E-state index is 0.741. The van der Waals surface area contributed by atoms with E-state index in [0.717, 1.165) is 34.9 Å². The minimum Gasteiger partial charge on any atom is -0.297 e. The minimum absolute atomic E-state index is 0.741. The summed E-state index contributed by atoms with van der Waals surface area (Å²) in [5.74, 6) is 1.49. The van der Waals surface area contributed by atoms with Gasteiger partial charge in [0.25, 0.3) is 0 Å². The van der Waals surface area contributed by atoms with Gasteiger partial charge in [0.1, 0.15) is 11.8 Å². The smallest absolute Gasteiger partial charge is 0.194 e. The van der Waals surface area contributed by atoms with Crippen LogP contribution in [0.25, 0.3) is 28.4 Å². The highest BCUT2D eigenvalue weighted by molar-refractivity contribution is 5.77. The monoisotopic (exact) mass is 294 g/mol. The third-order valence-electron chi connectivity index (χ3n) is 3.63. The number of aromatic nitrogens is 8. The van der Waals surface area contributed by atoms with Crippen LogP contribution in [-0.2, 0) is 13.6 Å². The average molecular weight is 294 g/mol. The molecule has 0 saturated carbocycles. The number of hydrogen-bond acceptors (Lipinski definition) is 5. The molecule has 0 atom stereocenters. The SMILES string of the molecule is CCn1ncnc1-c1nccn1-c1ccc2c(c1)nnn2C. The third-order valence-corrected chi connectivity index (χ3v) is 3.63. The second-order valence-electron chi connectivity index (χ2n) is 4.91. The van der Waals surface area contributed by atoms with Crippen molar-refractivity contribution in [1.82, 2.24) is 39.3 Å². The lowest BCUT2D eigenvalue weighted by Crippen LogP contribution is -2.04. The Balaban J connectivity index is 1.87. The first-order chi connectivity index (χ1) is 10.8. The van der Waals surface area contributed by atoms with Gasteiger partial charge in [-0.2, -0.15) is 5.10 Å². The van der Waals surface area contributed by atoms with Crippen LogP contribution in [0.3, 0.4) is 0 Å². The van der Waals surface area contributed by atoms with Crippen molar-refractivity contribution < 1.29 is 0 Å². The van der Waals surface area contributed by atoms with E-state index in [2.05, 4.69) is 25.4 Å². The second kappa shape index (κ2) is 4.76.